The van der Waals surface area contributed by atoms with Gasteiger partial charge in [0.25, 0.3) is 0 Å². The molecule has 0 radical (unpaired) electrons. The molecule has 1 aromatic rings. The first-order chi connectivity index (χ1) is 18.5. The molecule has 0 N–H and O–H groups in total. The van der Waals surface area contributed by atoms with Crippen molar-refractivity contribution < 1.29 is 9.47 Å². The maximum Gasteiger partial charge on any atom is 0.132 e. The minimum atomic E-state index is 0.0664. The summed E-state index contributed by atoms with van der Waals surface area (Å²) in [5.74, 6) is 7.02. The molecule has 0 aromatic heterocycles. The molecule has 8 aliphatic carbocycles. The van der Waals surface area contributed by atoms with Crippen LogP contribution >= 0.6 is 0 Å². The van der Waals surface area contributed by atoms with Gasteiger partial charge in [0.05, 0.1) is 6.61 Å². The normalized spacial score (nSPS) is 44.6. The summed E-state index contributed by atoms with van der Waals surface area (Å²) in [6, 6.07) is 7.88. The zero-order valence-corrected chi connectivity index (χ0v) is 25.6. The highest BCUT2D eigenvalue weighted by molar-refractivity contribution is 5.44. The molecule has 1 saturated heterocycles. The first kappa shape index (κ1) is 25.7. The molecule has 1 aromatic carbocycles. The average Bonchev–Trinajstić information content (AvgIpc) is 3.64. The van der Waals surface area contributed by atoms with Crippen LogP contribution in [0.2, 0.25) is 0 Å². The van der Waals surface area contributed by atoms with Crippen molar-refractivity contribution in [2.24, 2.45) is 46.3 Å². The van der Waals surface area contributed by atoms with Crippen molar-refractivity contribution in [2.75, 3.05) is 6.61 Å². The standard InChI is InChI=1S/C37H54O2/c1-34(2,3)22-35(4,5)33(32-21-38-32)39-31-13-29(36-15-23-6-24(16-36)8-25(7-23)17-36)12-30(14-31)37-18-26-9-27(19-37)11-28(10-26)20-37/h12-14,23-28,32-33H,6-11,15-22H2,1-5H3. The first-order valence-corrected chi connectivity index (χ1v) is 16.9. The third-order valence-electron chi connectivity index (χ3n) is 12.9. The van der Waals surface area contributed by atoms with E-state index in [4.69, 9.17) is 9.47 Å². The van der Waals surface area contributed by atoms with E-state index >= 15 is 0 Å². The van der Waals surface area contributed by atoms with Gasteiger partial charge < -0.3 is 9.47 Å². The number of epoxide rings is 1. The number of hydrogen-bond donors (Lipinski definition) is 0. The number of rotatable bonds is 7. The van der Waals surface area contributed by atoms with E-state index in [0.29, 0.717) is 10.8 Å². The molecule has 0 amide bonds. The van der Waals surface area contributed by atoms with E-state index in [9.17, 15) is 0 Å². The molecule has 0 spiro atoms. The first-order valence-electron chi connectivity index (χ1n) is 16.9. The molecule has 8 bridgehead atoms. The second kappa shape index (κ2) is 8.52. The Labute approximate surface area is 238 Å². The molecule has 214 valence electrons. The molecule has 9 fully saturated rings. The number of ether oxygens (including phenoxy) is 2. The Morgan fingerprint density at radius 3 is 1.41 bits per heavy atom. The van der Waals surface area contributed by atoms with Crippen LogP contribution in [0.25, 0.3) is 0 Å². The summed E-state index contributed by atoms with van der Waals surface area (Å²) in [4.78, 5) is 0. The third-order valence-corrected chi connectivity index (χ3v) is 12.9. The van der Waals surface area contributed by atoms with Gasteiger partial charge in [0.15, 0.2) is 0 Å². The summed E-state index contributed by atoms with van der Waals surface area (Å²) in [6.07, 6.45) is 19.2. The molecule has 1 aliphatic heterocycles. The van der Waals surface area contributed by atoms with Gasteiger partial charge in [-0.2, -0.15) is 0 Å². The van der Waals surface area contributed by atoms with Crippen LogP contribution in [0.4, 0.5) is 0 Å². The second-order valence-corrected chi connectivity index (χ2v) is 18.3. The maximum atomic E-state index is 7.23. The summed E-state index contributed by atoms with van der Waals surface area (Å²) < 4.78 is 13.2. The topological polar surface area (TPSA) is 21.8 Å². The Morgan fingerprint density at radius 1 is 0.692 bits per heavy atom. The third kappa shape index (κ3) is 4.53. The molecular weight excluding hydrogens is 476 g/mol. The Balaban J connectivity index is 1.20. The van der Waals surface area contributed by atoms with Crippen LogP contribution < -0.4 is 4.74 Å². The molecule has 8 saturated carbocycles. The van der Waals surface area contributed by atoms with Gasteiger partial charge in [-0.25, -0.2) is 0 Å². The molecule has 2 heteroatoms. The van der Waals surface area contributed by atoms with Gasteiger partial charge in [0, 0.05) is 5.41 Å². The zero-order chi connectivity index (χ0) is 26.8. The van der Waals surface area contributed by atoms with Crippen molar-refractivity contribution in [2.45, 2.75) is 141 Å². The summed E-state index contributed by atoms with van der Waals surface area (Å²) in [7, 11) is 0. The zero-order valence-electron chi connectivity index (χ0n) is 25.6. The van der Waals surface area contributed by atoms with E-state index in [1.165, 1.54) is 82.8 Å². The monoisotopic (exact) mass is 530 g/mol. The Bertz CT molecular complexity index is 984. The summed E-state index contributed by atoms with van der Waals surface area (Å²) in [5.41, 5.74) is 4.51. The molecule has 2 nitrogen and oxygen atoms in total. The fourth-order valence-corrected chi connectivity index (χ4v) is 12.8. The Kier molecular flexibility index (Phi) is 5.61. The van der Waals surface area contributed by atoms with Crippen LogP contribution in [-0.4, -0.2) is 18.8 Å². The van der Waals surface area contributed by atoms with Gasteiger partial charge in [-0.15, -0.1) is 0 Å². The van der Waals surface area contributed by atoms with Crippen LogP contribution in [0.5, 0.6) is 5.75 Å². The van der Waals surface area contributed by atoms with Crippen LogP contribution in [0.1, 0.15) is 129 Å². The average molecular weight is 531 g/mol. The van der Waals surface area contributed by atoms with Crippen LogP contribution in [0.3, 0.4) is 0 Å². The summed E-state index contributed by atoms with van der Waals surface area (Å²) >= 11 is 0. The highest BCUT2D eigenvalue weighted by Gasteiger charge is 2.55. The lowest BCUT2D eigenvalue weighted by Crippen LogP contribution is -2.50. The largest absolute Gasteiger partial charge is 0.487 e. The van der Waals surface area contributed by atoms with E-state index < -0.39 is 0 Å². The highest BCUT2D eigenvalue weighted by Crippen LogP contribution is 2.64. The van der Waals surface area contributed by atoms with E-state index in [0.717, 1.165) is 48.5 Å². The maximum absolute atomic E-state index is 7.23. The van der Waals surface area contributed by atoms with Crippen molar-refractivity contribution in [3.05, 3.63) is 29.3 Å². The van der Waals surface area contributed by atoms with E-state index in [1.807, 2.05) is 0 Å². The number of hydrogen-bond acceptors (Lipinski definition) is 2. The van der Waals surface area contributed by atoms with Crippen molar-refractivity contribution in [1.82, 2.24) is 0 Å². The quantitative estimate of drug-likeness (QED) is 0.328. The SMILES string of the molecule is CC(C)(C)CC(C)(C)C(Oc1cc(C23CC4CC(CC(C4)C2)C3)cc(C23CC4CC(CC(C4)C2)C3)c1)C1CO1. The van der Waals surface area contributed by atoms with E-state index in [1.54, 1.807) is 11.1 Å². The molecule has 1 heterocycles. The van der Waals surface area contributed by atoms with Crippen molar-refractivity contribution >= 4 is 0 Å². The van der Waals surface area contributed by atoms with Gasteiger partial charge in [-0.1, -0.05) is 40.7 Å². The molecule has 2 atom stereocenters. The minimum absolute atomic E-state index is 0.0664. The lowest BCUT2D eigenvalue weighted by molar-refractivity contribution is -0.00939. The van der Waals surface area contributed by atoms with Crippen LogP contribution in [-0.2, 0) is 15.6 Å². The van der Waals surface area contributed by atoms with Gasteiger partial charge in [-0.05, 0) is 158 Å². The molecule has 9 aliphatic rings. The number of benzene rings is 1. The van der Waals surface area contributed by atoms with Gasteiger partial charge >= 0.3 is 0 Å². The van der Waals surface area contributed by atoms with Crippen molar-refractivity contribution in [1.29, 1.82) is 0 Å². The molecule has 39 heavy (non-hydrogen) atoms. The van der Waals surface area contributed by atoms with Gasteiger partial charge in [0.1, 0.15) is 18.0 Å². The summed E-state index contributed by atoms with van der Waals surface area (Å²) in [6.45, 7) is 12.8. The van der Waals surface area contributed by atoms with Crippen LogP contribution in [0, 0.1) is 46.3 Å². The second-order valence-electron chi connectivity index (χ2n) is 18.3. The van der Waals surface area contributed by atoms with E-state index in [-0.39, 0.29) is 23.0 Å². The van der Waals surface area contributed by atoms with E-state index in [2.05, 4.69) is 52.8 Å². The van der Waals surface area contributed by atoms with Crippen LogP contribution in [0.15, 0.2) is 18.2 Å². The molecule has 2 unspecified atom stereocenters. The van der Waals surface area contributed by atoms with Crippen molar-refractivity contribution in [3.63, 3.8) is 0 Å². The predicted octanol–water partition coefficient (Wildman–Crippen LogP) is 9.23. The van der Waals surface area contributed by atoms with Crippen molar-refractivity contribution in [3.8, 4) is 5.75 Å². The fraction of sp³-hybridized carbons (Fsp3) is 0.838. The van der Waals surface area contributed by atoms with Gasteiger partial charge in [0.2, 0.25) is 0 Å². The van der Waals surface area contributed by atoms with Gasteiger partial charge in [-0.3, -0.25) is 0 Å². The Morgan fingerprint density at radius 2 is 1.08 bits per heavy atom. The lowest BCUT2D eigenvalue weighted by atomic mass is 9.46. The predicted molar refractivity (Wildman–Crippen MR) is 158 cm³/mol. The Hall–Kier alpha value is -1.02. The smallest absolute Gasteiger partial charge is 0.132 e. The molecular formula is C37H54O2. The fourth-order valence-electron chi connectivity index (χ4n) is 12.8. The summed E-state index contributed by atoms with van der Waals surface area (Å²) in [5, 5.41) is 0. The lowest BCUT2D eigenvalue weighted by Gasteiger charge is -2.58. The molecule has 10 rings (SSSR count). The minimum Gasteiger partial charge on any atom is -0.487 e. The highest BCUT2D eigenvalue weighted by atomic mass is 16.6.